The number of nitrogens with two attached hydrogens (primary N) is 2. The van der Waals surface area contributed by atoms with Crippen molar-refractivity contribution in [1.82, 2.24) is 5.43 Å². The van der Waals surface area contributed by atoms with Gasteiger partial charge in [0.25, 0.3) is 0 Å². The molecule has 0 saturated carbocycles. The Hall–Kier alpha value is -2.91. The number of rotatable bonds is 6. The molecule has 9 heteroatoms. The van der Waals surface area contributed by atoms with Crippen LogP contribution in [0.3, 0.4) is 0 Å². The standard InChI is InChI=1S/C18H16F3N3O2S/c19-18(20,21)27-14-8-6-13(7-9-14)12-4-1-11(2-5-12)3-10-15(24-23)16(22)17(25)26/h1-10,24H,22-23H2,(H,25,26)/b10-3+,16-15-. The van der Waals surface area contributed by atoms with E-state index in [1.165, 1.54) is 18.2 Å². The van der Waals surface area contributed by atoms with Crippen molar-refractivity contribution in [3.63, 3.8) is 0 Å². The maximum Gasteiger partial charge on any atom is 0.446 e. The smallest absolute Gasteiger partial charge is 0.446 e. The van der Waals surface area contributed by atoms with Gasteiger partial charge in [-0.25, -0.2) is 4.79 Å². The number of carbonyl (C=O) groups is 1. The summed E-state index contributed by atoms with van der Waals surface area (Å²) in [5.74, 6) is 3.96. The third kappa shape index (κ3) is 6.08. The Kier molecular flexibility index (Phi) is 6.54. The molecule has 2 aromatic carbocycles. The lowest BCUT2D eigenvalue weighted by atomic mass is 10.0. The van der Waals surface area contributed by atoms with Crippen molar-refractivity contribution in [2.75, 3.05) is 0 Å². The van der Waals surface area contributed by atoms with Gasteiger partial charge in [0.05, 0.1) is 5.70 Å². The fourth-order valence-electron chi connectivity index (χ4n) is 2.15. The molecule has 0 atom stereocenters. The van der Waals surface area contributed by atoms with Crippen LogP contribution < -0.4 is 17.0 Å². The Balaban J connectivity index is 2.14. The van der Waals surface area contributed by atoms with Gasteiger partial charge in [0.2, 0.25) is 0 Å². The van der Waals surface area contributed by atoms with Crippen molar-refractivity contribution in [1.29, 1.82) is 0 Å². The van der Waals surface area contributed by atoms with Crippen LogP contribution in [0.2, 0.25) is 0 Å². The van der Waals surface area contributed by atoms with E-state index in [-0.39, 0.29) is 22.4 Å². The topological polar surface area (TPSA) is 101 Å². The number of benzene rings is 2. The third-order valence-electron chi connectivity index (χ3n) is 3.45. The fourth-order valence-corrected chi connectivity index (χ4v) is 2.69. The molecule has 0 heterocycles. The second kappa shape index (κ2) is 8.65. The number of carboxylic acids is 1. The number of hydrogen-bond donors (Lipinski definition) is 4. The zero-order chi connectivity index (χ0) is 20.0. The summed E-state index contributed by atoms with van der Waals surface area (Å²) in [7, 11) is 0. The Labute approximate surface area is 157 Å². The van der Waals surface area contributed by atoms with E-state index < -0.39 is 17.2 Å². The maximum absolute atomic E-state index is 12.4. The van der Waals surface area contributed by atoms with Crippen LogP contribution in [0.15, 0.2) is 70.9 Å². The summed E-state index contributed by atoms with van der Waals surface area (Å²) in [6.07, 6.45) is 3.06. The average Bonchev–Trinajstić information content (AvgIpc) is 2.62. The van der Waals surface area contributed by atoms with E-state index in [0.717, 1.165) is 16.7 Å². The van der Waals surface area contributed by atoms with E-state index in [1.54, 1.807) is 42.5 Å². The molecule has 142 valence electrons. The first-order valence-corrected chi connectivity index (χ1v) is 8.35. The summed E-state index contributed by atoms with van der Waals surface area (Å²) in [5.41, 5.74) is 5.31. The zero-order valence-corrected chi connectivity index (χ0v) is 14.6. The minimum Gasteiger partial charge on any atom is -0.477 e. The van der Waals surface area contributed by atoms with Gasteiger partial charge in [0.1, 0.15) is 5.70 Å². The summed E-state index contributed by atoms with van der Waals surface area (Å²) in [6, 6.07) is 13.2. The van der Waals surface area contributed by atoms with Crippen LogP contribution in [-0.2, 0) is 4.79 Å². The van der Waals surface area contributed by atoms with Crippen LogP contribution in [0.5, 0.6) is 0 Å². The lowest BCUT2D eigenvalue weighted by Gasteiger charge is -2.07. The lowest BCUT2D eigenvalue weighted by Crippen LogP contribution is -2.26. The average molecular weight is 395 g/mol. The molecule has 0 radical (unpaired) electrons. The summed E-state index contributed by atoms with van der Waals surface area (Å²) >= 11 is -0.159. The number of alkyl halides is 3. The normalized spacial score (nSPS) is 12.7. The molecule has 0 bridgehead atoms. The summed E-state index contributed by atoms with van der Waals surface area (Å²) in [4.78, 5) is 11.0. The molecule has 0 saturated heterocycles. The first-order chi connectivity index (χ1) is 12.7. The summed E-state index contributed by atoms with van der Waals surface area (Å²) < 4.78 is 37.1. The highest BCUT2D eigenvalue weighted by molar-refractivity contribution is 8.00. The van der Waals surface area contributed by atoms with Crippen LogP contribution in [0, 0.1) is 0 Å². The molecule has 0 spiro atoms. The molecule has 27 heavy (non-hydrogen) atoms. The fraction of sp³-hybridized carbons (Fsp3) is 0.0556. The van der Waals surface area contributed by atoms with Crippen molar-refractivity contribution >= 4 is 23.8 Å². The highest BCUT2D eigenvalue weighted by Gasteiger charge is 2.28. The Morgan fingerprint density at radius 1 is 1.04 bits per heavy atom. The predicted molar refractivity (Wildman–Crippen MR) is 99.0 cm³/mol. The molecule has 0 aliphatic rings. The number of allylic oxidation sites excluding steroid dienone is 1. The molecule has 0 fully saturated rings. The molecule has 0 aliphatic carbocycles. The van der Waals surface area contributed by atoms with E-state index in [4.69, 9.17) is 16.7 Å². The maximum atomic E-state index is 12.4. The lowest BCUT2D eigenvalue weighted by molar-refractivity contribution is -0.132. The highest BCUT2D eigenvalue weighted by atomic mass is 32.2. The second-order valence-electron chi connectivity index (χ2n) is 5.30. The van der Waals surface area contributed by atoms with Crippen molar-refractivity contribution in [2.45, 2.75) is 10.4 Å². The molecule has 2 aromatic rings. The number of aliphatic carboxylic acids is 1. The molecule has 5 nitrogen and oxygen atoms in total. The first kappa shape index (κ1) is 20.4. The molecular weight excluding hydrogens is 379 g/mol. The van der Waals surface area contributed by atoms with Crippen molar-refractivity contribution < 1.29 is 23.1 Å². The van der Waals surface area contributed by atoms with Gasteiger partial charge in [0.15, 0.2) is 0 Å². The molecule has 6 N–H and O–H groups in total. The van der Waals surface area contributed by atoms with E-state index in [9.17, 15) is 18.0 Å². The number of nitrogens with one attached hydrogen (secondary N) is 1. The van der Waals surface area contributed by atoms with Crippen molar-refractivity contribution in [2.24, 2.45) is 11.6 Å². The van der Waals surface area contributed by atoms with E-state index in [0.29, 0.717) is 0 Å². The first-order valence-electron chi connectivity index (χ1n) is 7.53. The molecule has 0 amide bonds. The monoisotopic (exact) mass is 395 g/mol. The Morgan fingerprint density at radius 2 is 1.56 bits per heavy atom. The molecule has 2 rings (SSSR count). The minimum absolute atomic E-state index is 0.0596. The minimum atomic E-state index is -4.31. The number of thioether (sulfide) groups is 1. The summed E-state index contributed by atoms with van der Waals surface area (Å²) in [5, 5.41) is 8.85. The molecule has 0 aromatic heterocycles. The van der Waals surface area contributed by atoms with Gasteiger partial charge < -0.3 is 16.3 Å². The van der Waals surface area contributed by atoms with E-state index in [2.05, 4.69) is 5.43 Å². The third-order valence-corrected chi connectivity index (χ3v) is 4.19. The Bertz CT molecular complexity index is 861. The van der Waals surface area contributed by atoms with E-state index in [1.807, 2.05) is 0 Å². The van der Waals surface area contributed by atoms with E-state index >= 15 is 0 Å². The predicted octanol–water partition coefficient (Wildman–Crippen LogP) is 3.70. The quantitative estimate of drug-likeness (QED) is 0.196. The second-order valence-corrected chi connectivity index (χ2v) is 6.44. The highest BCUT2D eigenvalue weighted by Crippen LogP contribution is 2.37. The van der Waals surface area contributed by atoms with Gasteiger partial charge in [-0.3, -0.25) is 5.84 Å². The van der Waals surface area contributed by atoms with Crippen LogP contribution in [-0.4, -0.2) is 16.6 Å². The van der Waals surface area contributed by atoms with Gasteiger partial charge in [0, 0.05) is 4.90 Å². The number of hydrogen-bond acceptors (Lipinski definition) is 5. The van der Waals surface area contributed by atoms with Gasteiger partial charge in [-0.05, 0) is 46.7 Å². The van der Waals surface area contributed by atoms with Crippen LogP contribution in [0.4, 0.5) is 13.2 Å². The molecule has 0 aliphatic heterocycles. The van der Waals surface area contributed by atoms with Gasteiger partial charge in [-0.1, -0.05) is 42.5 Å². The number of hydrazine groups is 1. The van der Waals surface area contributed by atoms with Crippen molar-refractivity contribution in [3.05, 3.63) is 71.6 Å². The molecular formula is C18H16F3N3O2S. The van der Waals surface area contributed by atoms with Gasteiger partial charge in [-0.15, -0.1) is 0 Å². The van der Waals surface area contributed by atoms with Crippen LogP contribution in [0.25, 0.3) is 17.2 Å². The Morgan fingerprint density at radius 3 is 2.00 bits per heavy atom. The van der Waals surface area contributed by atoms with Crippen LogP contribution >= 0.6 is 11.8 Å². The number of carboxylic acid groups (broad SMARTS) is 1. The SMILES string of the molecule is NNC(/C=C/c1ccc(-c2ccc(SC(F)(F)F)cc2)cc1)=C(\N)C(=O)O. The molecule has 0 unspecified atom stereocenters. The van der Waals surface area contributed by atoms with Gasteiger partial charge >= 0.3 is 11.5 Å². The largest absolute Gasteiger partial charge is 0.477 e. The zero-order valence-electron chi connectivity index (χ0n) is 13.8. The van der Waals surface area contributed by atoms with Crippen LogP contribution in [0.1, 0.15) is 5.56 Å². The summed E-state index contributed by atoms with van der Waals surface area (Å²) in [6.45, 7) is 0. The number of halogens is 3. The van der Waals surface area contributed by atoms with Gasteiger partial charge in [-0.2, -0.15) is 13.2 Å². The van der Waals surface area contributed by atoms with Crippen molar-refractivity contribution in [3.8, 4) is 11.1 Å².